The van der Waals surface area contributed by atoms with Crippen LogP contribution in [0.3, 0.4) is 0 Å². The van der Waals surface area contributed by atoms with Crippen molar-refractivity contribution in [2.75, 3.05) is 23.6 Å². The molecule has 110 valence electrons. The highest BCUT2D eigenvalue weighted by Gasteiger charge is 2.19. The molecule has 0 bridgehead atoms. The maximum Gasteiger partial charge on any atom is 0.237 e. The highest BCUT2D eigenvalue weighted by Crippen LogP contribution is 2.38. The van der Waals surface area contributed by atoms with Crippen molar-refractivity contribution in [3.05, 3.63) is 12.1 Å². The van der Waals surface area contributed by atoms with Crippen molar-refractivity contribution < 1.29 is 14.3 Å². The molecule has 1 aliphatic rings. The van der Waals surface area contributed by atoms with E-state index in [1.54, 1.807) is 23.9 Å². The fourth-order valence-electron chi connectivity index (χ4n) is 1.78. The minimum absolute atomic E-state index is 0.0448. The first-order valence-corrected chi connectivity index (χ1v) is 7.78. The molecule has 0 fully saturated rings. The first kappa shape index (κ1) is 14.8. The van der Waals surface area contributed by atoms with Crippen molar-refractivity contribution in [1.82, 2.24) is 0 Å². The van der Waals surface area contributed by atoms with Gasteiger partial charge in [-0.05, 0) is 19.1 Å². The van der Waals surface area contributed by atoms with Gasteiger partial charge in [0.05, 0.1) is 16.6 Å². The van der Waals surface area contributed by atoms with Gasteiger partial charge in [-0.2, -0.15) is 0 Å². The van der Waals surface area contributed by atoms with Crippen molar-refractivity contribution >= 4 is 29.0 Å². The first-order chi connectivity index (χ1) is 9.61. The van der Waals surface area contributed by atoms with Crippen molar-refractivity contribution in [2.24, 2.45) is 0 Å². The summed E-state index contributed by atoms with van der Waals surface area (Å²) in [5.41, 5.74) is 6.96. The van der Waals surface area contributed by atoms with Crippen molar-refractivity contribution in [1.29, 1.82) is 0 Å². The van der Waals surface area contributed by atoms with Gasteiger partial charge in [0.15, 0.2) is 11.5 Å². The lowest BCUT2D eigenvalue weighted by Gasteiger charge is -2.13. The van der Waals surface area contributed by atoms with Gasteiger partial charge in [-0.25, -0.2) is 0 Å². The summed E-state index contributed by atoms with van der Waals surface area (Å²) < 4.78 is 10.5. The largest absolute Gasteiger partial charge is 0.454 e. The van der Waals surface area contributed by atoms with Gasteiger partial charge in [0, 0.05) is 12.1 Å². The van der Waals surface area contributed by atoms with E-state index >= 15 is 0 Å². The maximum absolute atomic E-state index is 12.1. The van der Waals surface area contributed by atoms with Crippen molar-refractivity contribution in [3.8, 4) is 11.5 Å². The van der Waals surface area contributed by atoms with Gasteiger partial charge in [-0.15, -0.1) is 11.8 Å². The molecule has 1 heterocycles. The van der Waals surface area contributed by atoms with Gasteiger partial charge in [0.2, 0.25) is 12.7 Å². The number of benzene rings is 1. The number of ether oxygens (including phenoxy) is 2. The molecule has 6 heteroatoms. The van der Waals surface area contributed by atoms with E-state index in [2.05, 4.69) is 12.2 Å². The molecule has 1 aromatic rings. The highest BCUT2D eigenvalue weighted by molar-refractivity contribution is 8.00. The average molecular weight is 296 g/mol. The summed E-state index contributed by atoms with van der Waals surface area (Å²) in [5.74, 6) is 2.17. The van der Waals surface area contributed by atoms with E-state index in [1.807, 2.05) is 6.92 Å². The molecule has 20 heavy (non-hydrogen) atoms. The molecule has 1 aliphatic heterocycles. The second kappa shape index (κ2) is 6.74. The average Bonchev–Trinajstić information content (AvgIpc) is 2.86. The Morgan fingerprint density at radius 2 is 2.15 bits per heavy atom. The van der Waals surface area contributed by atoms with E-state index in [0.717, 1.165) is 18.6 Å². The molecule has 0 aromatic heterocycles. The Labute approximate surface area is 123 Å². The number of hydrogen-bond donors (Lipinski definition) is 2. The summed E-state index contributed by atoms with van der Waals surface area (Å²) in [7, 11) is 0. The van der Waals surface area contributed by atoms with Crippen LogP contribution in [0.1, 0.15) is 26.7 Å². The summed E-state index contributed by atoms with van der Waals surface area (Å²) in [6.45, 7) is 4.23. The minimum Gasteiger partial charge on any atom is -0.454 e. The lowest BCUT2D eigenvalue weighted by Crippen LogP contribution is -2.23. The number of carbonyl (C=O) groups is 1. The van der Waals surface area contributed by atoms with Crippen LogP contribution in [0.5, 0.6) is 11.5 Å². The number of hydrogen-bond acceptors (Lipinski definition) is 5. The standard InChI is InChI=1S/C14H20N2O3S/c1-3-4-5-20-9(2)14(17)16-11-7-13-12(6-10(11)15)18-8-19-13/h6-7,9H,3-5,8,15H2,1-2H3,(H,16,17). The third-order valence-electron chi connectivity index (χ3n) is 3.04. The zero-order valence-corrected chi connectivity index (χ0v) is 12.6. The number of nitrogens with two attached hydrogens (primary N) is 1. The van der Waals surface area contributed by atoms with Crippen LogP contribution in [0, 0.1) is 0 Å². The summed E-state index contributed by atoms with van der Waals surface area (Å²) in [4.78, 5) is 12.1. The summed E-state index contributed by atoms with van der Waals surface area (Å²) in [6.07, 6.45) is 2.25. The Hall–Kier alpha value is -1.56. The Kier molecular flexibility index (Phi) is 5.00. The third-order valence-corrected chi connectivity index (χ3v) is 4.28. The summed E-state index contributed by atoms with van der Waals surface area (Å²) in [6, 6.07) is 3.38. The van der Waals surface area contributed by atoms with Gasteiger partial charge in [-0.3, -0.25) is 4.79 Å². The molecule has 1 unspecified atom stereocenters. The lowest BCUT2D eigenvalue weighted by atomic mass is 10.2. The first-order valence-electron chi connectivity index (χ1n) is 6.73. The third kappa shape index (κ3) is 3.50. The van der Waals surface area contributed by atoms with Crippen molar-refractivity contribution in [3.63, 3.8) is 0 Å². The van der Waals surface area contributed by atoms with E-state index in [9.17, 15) is 4.79 Å². The van der Waals surface area contributed by atoms with E-state index in [-0.39, 0.29) is 18.0 Å². The zero-order chi connectivity index (χ0) is 14.5. The van der Waals surface area contributed by atoms with Crippen LogP contribution < -0.4 is 20.5 Å². The van der Waals surface area contributed by atoms with Crippen LogP contribution in [0.25, 0.3) is 0 Å². The van der Waals surface area contributed by atoms with E-state index in [0.29, 0.717) is 22.9 Å². The normalized spacial score (nSPS) is 14.1. The molecule has 0 radical (unpaired) electrons. The van der Waals surface area contributed by atoms with Gasteiger partial charge < -0.3 is 20.5 Å². The molecule has 2 rings (SSSR count). The predicted molar refractivity (Wildman–Crippen MR) is 82.4 cm³/mol. The second-order valence-electron chi connectivity index (χ2n) is 4.65. The number of thioether (sulfide) groups is 1. The van der Waals surface area contributed by atoms with Gasteiger partial charge >= 0.3 is 0 Å². The number of nitrogen functional groups attached to an aromatic ring is 1. The molecular weight excluding hydrogens is 276 g/mol. The van der Waals surface area contributed by atoms with Crippen LogP contribution in [0.4, 0.5) is 11.4 Å². The number of amides is 1. The van der Waals surface area contributed by atoms with Gasteiger partial charge in [-0.1, -0.05) is 13.3 Å². The quantitative estimate of drug-likeness (QED) is 0.624. The van der Waals surface area contributed by atoms with Crippen LogP contribution >= 0.6 is 11.8 Å². The van der Waals surface area contributed by atoms with E-state index < -0.39 is 0 Å². The monoisotopic (exact) mass is 296 g/mol. The predicted octanol–water partition coefficient (Wildman–Crippen LogP) is 2.86. The number of unbranched alkanes of at least 4 members (excludes halogenated alkanes) is 1. The lowest BCUT2D eigenvalue weighted by molar-refractivity contribution is -0.115. The second-order valence-corrected chi connectivity index (χ2v) is 6.10. The number of rotatable bonds is 6. The smallest absolute Gasteiger partial charge is 0.237 e. The summed E-state index contributed by atoms with van der Waals surface area (Å²) in [5, 5.41) is 2.74. The molecule has 3 N–H and O–H groups in total. The minimum atomic E-state index is -0.105. The van der Waals surface area contributed by atoms with Crippen LogP contribution in [-0.4, -0.2) is 23.7 Å². The molecule has 0 aliphatic carbocycles. The SMILES string of the molecule is CCCCSC(C)C(=O)Nc1cc2c(cc1N)OCO2. The molecule has 1 aromatic carbocycles. The fourth-order valence-corrected chi connectivity index (χ4v) is 2.80. The number of anilines is 2. The number of nitrogens with one attached hydrogen (secondary N) is 1. The number of carbonyl (C=O) groups excluding carboxylic acids is 1. The zero-order valence-electron chi connectivity index (χ0n) is 11.8. The highest BCUT2D eigenvalue weighted by atomic mass is 32.2. The molecule has 1 atom stereocenters. The molecular formula is C14H20N2O3S. The molecule has 0 saturated heterocycles. The van der Waals surface area contributed by atoms with Gasteiger partial charge in [0.25, 0.3) is 0 Å². The van der Waals surface area contributed by atoms with Crippen LogP contribution in [-0.2, 0) is 4.79 Å². The molecule has 0 saturated carbocycles. The topological polar surface area (TPSA) is 73.6 Å². The summed E-state index contributed by atoms with van der Waals surface area (Å²) >= 11 is 1.65. The van der Waals surface area contributed by atoms with Gasteiger partial charge in [0.1, 0.15) is 0 Å². The molecule has 5 nitrogen and oxygen atoms in total. The molecule has 0 spiro atoms. The Morgan fingerprint density at radius 1 is 1.45 bits per heavy atom. The van der Waals surface area contributed by atoms with Crippen LogP contribution in [0.15, 0.2) is 12.1 Å². The number of fused-ring (bicyclic) bond motifs is 1. The Balaban J connectivity index is 1.97. The van der Waals surface area contributed by atoms with E-state index in [1.165, 1.54) is 0 Å². The maximum atomic E-state index is 12.1. The Bertz CT molecular complexity index is 494. The fraction of sp³-hybridized carbons (Fsp3) is 0.500. The molecule has 1 amide bonds. The Morgan fingerprint density at radius 3 is 2.85 bits per heavy atom. The van der Waals surface area contributed by atoms with Crippen LogP contribution in [0.2, 0.25) is 0 Å². The van der Waals surface area contributed by atoms with E-state index in [4.69, 9.17) is 15.2 Å². The van der Waals surface area contributed by atoms with Crippen molar-refractivity contribution in [2.45, 2.75) is 31.9 Å².